The van der Waals surface area contributed by atoms with Crippen molar-refractivity contribution in [3.05, 3.63) is 57.8 Å². The summed E-state index contributed by atoms with van der Waals surface area (Å²) in [4.78, 5) is 20.3. The van der Waals surface area contributed by atoms with Gasteiger partial charge in [-0.1, -0.05) is 23.2 Å². The number of aromatic nitrogens is 2. The maximum Gasteiger partial charge on any atom is 0.359 e. The molecule has 2 aromatic heterocycles. The van der Waals surface area contributed by atoms with E-state index in [1.54, 1.807) is 12.1 Å². The van der Waals surface area contributed by atoms with Crippen molar-refractivity contribution in [1.82, 2.24) is 9.97 Å². The van der Waals surface area contributed by atoms with E-state index < -0.39 is 11.8 Å². The number of nitrogen functional groups attached to an aromatic ring is 1. The van der Waals surface area contributed by atoms with E-state index in [4.69, 9.17) is 42.8 Å². The van der Waals surface area contributed by atoms with Crippen LogP contribution in [0.5, 0.6) is 5.75 Å². The van der Waals surface area contributed by atoms with Gasteiger partial charge in [-0.05, 0) is 24.3 Å². The van der Waals surface area contributed by atoms with Crippen molar-refractivity contribution in [3.8, 4) is 17.1 Å². The summed E-state index contributed by atoms with van der Waals surface area (Å²) in [5.74, 6) is -1.81. The van der Waals surface area contributed by atoms with Gasteiger partial charge in [0.05, 0.1) is 24.0 Å². The molecule has 0 atom stereocenters. The highest BCUT2D eigenvalue weighted by molar-refractivity contribution is 6.35. The minimum absolute atomic E-state index is 0.0683. The molecule has 0 saturated carbocycles. The molecule has 0 spiro atoms. The van der Waals surface area contributed by atoms with Crippen LogP contribution in [0.1, 0.15) is 16.2 Å². The van der Waals surface area contributed by atoms with Crippen LogP contribution in [0.2, 0.25) is 10.0 Å². The average Bonchev–Trinajstić information content (AvgIpc) is 3.16. The monoisotopic (exact) mass is 411 g/mol. The zero-order valence-electron chi connectivity index (χ0n) is 13.8. The van der Waals surface area contributed by atoms with Crippen LogP contribution in [0, 0.1) is 5.82 Å². The lowest BCUT2D eigenvalue weighted by Crippen LogP contribution is -2.12. The van der Waals surface area contributed by atoms with Crippen LogP contribution in [0.25, 0.3) is 11.4 Å². The number of carbonyl (C=O) groups excluding carboxylic acids is 1. The molecule has 1 aromatic carbocycles. The Morgan fingerprint density at radius 1 is 1.30 bits per heavy atom. The number of rotatable bonds is 5. The smallest absolute Gasteiger partial charge is 0.359 e. The van der Waals surface area contributed by atoms with E-state index in [2.05, 4.69) is 9.97 Å². The van der Waals surface area contributed by atoms with Crippen molar-refractivity contribution in [3.63, 3.8) is 0 Å². The van der Waals surface area contributed by atoms with E-state index in [-0.39, 0.29) is 45.3 Å². The van der Waals surface area contributed by atoms with Crippen molar-refractivity contribution < 1.29 is 23.1 Å². The van der Waals surface area contributed by atoms with Crippen LogP contribution in [-0.4, -0.2) is 23.0 Å². The number of hydrogen-bond acceptors (Lipinski definition) is 7. The maximum absolute atomic E-state index is 14.6. The van der Waals surface area contributed by atoms with Gasteiger partial charge in [-0.15, -0.1) is 0 Å². The molecular weight excluding hydrogens is 400 g/mol. The number of ether oxygens (including phenoxy) is 2. The first-order chi connectivity index (χ1) is 12.9. The summed E-state index contributed by atoms with van der Waals surface area (Å²) in [5.41, 5.74) is 5.37. The van der Waals surface area contributed by atoms with Crippen LogP contribution in [-0.2, 0) is 11.3 Å². The summed E-state index contributed by atoms with van der Waals surface area (Å²) in [6.45, 7) is -0.134. The molecule has 140 valence electrons. The fraction of sp³-hybridized carbons (Fsp3) is 0.118. The number of nitrogens with two attached hydrogens (primary N) is 1. The Hall–Kier alpha value is -2.84. The second-order valence-electron chi connectivity index (χ2n) is 5.19. The Morgan fingerprint density at radius 2 is 2.07 bits per heavy atom. The van der Waals surface area contributed by atoms with Gasteiger partial charge in [0.25, 0.3) is 0 Å². The van der Waals surface area contributed by atoms with Crippen LogP contribution in [0.4, 0.5) is 10.2 Å². The second-order valence-corrected chi connectivity index (χ2v) is 5.98. The zero-order valence-corrected chi connectivity index (χ0v) is 15.3. The van der Waals surface area contributed by atoms with Crippen molar-refractivity contribution >= 4 is 35.0 Å². The molecule has 2 N–H and O–H groups in total. The van der Waals surface area contributed by atoms with E-state index in [0.717, 1.165) is 0 Å². The topological polar surface area (TPSA) is 100 Å². The Balaban J connectivity index is 1.98. The van der Waals surface area contributed by atoms with Gasteiger partial charge in [-0.25, -0.2) is 19.2 Å². The lowest BCUT2D eigenvalue weighted by molar-refractivity contribution is 0.0439. The summed E-state index contributed by atoms with van der Waals surface area (Å²) in [7, 11) is 1.27. The van der Waals surface area contributed by atoms with Gasteiger partial charge < -0.3 is 19.6 Å². The predicted molar refractivity (Wildman–Crippen MR) is 96.2 cm³/mol. The number of hydrogen-bond donors (Lipinski definition) is 1. The second kappa shape index (κ2) is 7.81. The first kappa shape index (κ1) is 18.9. The summed E-state index contributed by atoms with van der Waals surface area (Å²) < 4.78 is 29.7. The highest BCUT2D eigenvalue weighted by Gasteiger charge is 2.23. The third kappa shape index (κ3) is 3.81. The Labute approximate surface area is 162 Å². The van der Waals surface area contributed by atoms with Gasteiger partial charge >= 0.3 is 5.97 Å². The fourth-order valence-electron chi connectivity index (χ4n) is 2.21. The van der Waals surface area contributed by atoms with Crippen molar-refractivity contribution in [2.45, 2.75) is 6.61 Å². The van der Waals surface area contributed by atoms with E-state index >= 15 is 0 Å². The van der Waals surface area contributed by atoms with E-state index in [9.17, 15) is 9.18 Å². The van der Waals surface area contributed by atoms with E-state index in [1.165, 1.54) is 25.5 Å². The normalized spacial score (nSPS) is 10.7. The third-order valence-corrected chi connectivity index (χ3v) is 4.16. The molecule has 0 aliphatic heterocycles. The number of nitrogens with zero attached hydrogens (tertiary/aromatic N) is 2. The highest BCUT2D eigenvalue weighted by Crippen LogP contribution is 2.35. The molecule has 3 aromatic rings. The number of furan rings is 1. The molecule has 0 amide bonds. The quantitative estimate of drug-likeness (QED) is 0.629. The number of carbonyl (C=O) groups is 1. The largest absolute Gasteiger partial charge is 0.492 e. The van der Waals surface area contributed by atoms with Gasteiger partial charge in [0, 0.05) is 0 Å². The molecule has 7 nitrogen and oxygen atoms in total. The Morgan fingerprint density at radius 3 is 2.74 bits per heavy atom. The van der Waals surface area contributed by atoms with E-state index in [0.29, 0.717) is 5.76 Å². The van der Waals surface area contributed by atoms with Crippen LogP contribution >= 0.6 is 23.2 Å². The Bertz CT molecular complexity index is 996. The fourth-order valence-corrected chi connectivity index (χ4v) is 2.60. The maximum atomic E-state index is 14.6. The van der Waals surface area contributed by atoms with Gasteiger partial charge in [0.15, 0.2) is 23.1 Å². The molecule has 0 radical (unpaired) electrons. The number of methoxy groups -OCH3 is 1. The third-order valence-electron chi connectivity index (χ3n) is 3.49. The molecule has 2 heterocycles. The molecule has 0 fully saturated rings. The van der Waals surface area contributed by atoms with Gasteiger partial charge in [0.1, 0.15) is 23.2 Å². The van der Waals surface area contributed by atoms with Gasteiger partial charge in [0.2, 0.25) is 0 Å². The SMILES string of the molecule is COc1c(Cl)ccc(-c2nc(N)c(Cl)c(C(=O)OCc3ccco3)n2)c1F. The summed E-state index contributed by atoms with van der Waals surface area (Å²) in [6, 6.07) is 6.01. The molecular formula is C17H12Cl2FN3O4. The van der Waals surface area contributed by atoms with E-state index in [1.807, 2.05) is 0 Å². The van der Waals surface area contributed by atoms with Crippen LogP contribution < -0.4 is 10.5 Å². The number of anilines is 1. The molecule has 27 heavy (non-hydrogen) atoms. The minimum Gasteiger partial charge on any atom is -0.492 e. The standard InChI is InChI=1S/C17H12Cl2FN3O4/c1-25-14-10(18)5-4-9(12(14)20)16-22-13(11(19)15(21)23-16)17(24)27-7-8-3-2-6-26-8/h2-6H,7H2,1H3,(H2,21,22,23). The molecule has 0 saturated heterocycles. The molecule has 0 aliphatic carbocycles. The summed E-state index contributed by atoms with van der Waals surface area (Å²) in [6.07, 6.45) is 1.44. The lowest BCUT2D eigenvalue weighted by atomic mass is 10.1. The number of esters is 1. The van der Waals surface area contributed by atoms with Crippen molar-refractivity contribution in [2.24, 2.45) is 0 Å². The molecule has 0 unspecified atom stereocenters. The van der Waals surface area contributed by atoms with Crippen LogP contribution in [0.15, 0.2) is 34.9 Å². The molecule has 0 aliphatic rings. The number of halogens is 3. The highest BCUT2D eigenvalue weighted by atomic mass is 35.5. The van der Waals surface area contributed by atoms with Crippen molar-refractivity contribution in [2.75, 3.05) is 12.8 Å². The minimum atomic E-state index is -0.868. The lowest BCUT2D eigenvalue weighted by Gasteiger charge is -2.11. The number of benzene rings is 1. The molecule has 10 heteroatoms. The molecule has 0 bridgehead atoms. The van der Waals surface area contributed by atoms with Gasteiger partial charge in [-0.2, -0.15) is 0 Å². The first-order valence-corrected chi connectivity index (χ1v) is 8.22. The molecule has 3 rings (SSSR count). The Kier molecular flexibility index (Phi) is 5.48. The van der Waals surface area contributed by atoms with Crippen LogP contribution in [0.3, 0.4) is 0 Å². The summed E-state index contributed by atoms with van der Waals surface area (Å²) in [5, 5.41) is -0.136. The zero-order chi connectivity index (χ0) is 19.6. The average molecular weight is 412 g/mol. The first-order valence-electron chi connectivity index (χ1n) is 7.47. The van der Waals surface area contributed by atoms with Gasteiger partial charge in [-0.3, -0.25) is 0 Å². The predicted octanol–water partition coefficient (Wildman–Crippen LogP) is 4.13. The summed E-state index contributed by atoms with van der Waals surface area (Å²) >= 11 is 11.9. The van der Waals surface area contributed by atoms with Crippen molar-refractivity contribution in [1.29, 1.82) is 0 Å².